The van der Waals surface area contributed by atoms with Crippen LogP contribution >= 0.6 is 0 Å². The molecular formula is C13H12N5. The molecular weight excluding hydrogens is 226 g/mol. The molecule has 18 heavy (non-hydrogen) atoms. The third-order valence-corrected chi connectivity index (χ3v) is 3.31. The normalized spacial score (nSPS) is 15.3. The van der Waals surface area contributed by atoms with Crippen molar-refractivity contribution in [3.63, 3.8) is 0 Å². The molecule has 1 aromatic carbocycles. The Morgan fingerprint density at radius 1 is 1.39 bits per heavy atom. The van der Waals surface area contributed by atoms with Crippen molar-refractivity contribution < 1.29 is 0 Å². The minimum absolute atomic E-state index is 0.507. The summed E-state index contributed by atoms with van der Waals surface area (Å²) >= 11 is 0. The van der Waals surface area contributed by atoms with Crippen molar-refractivity contribution in [1.82, 2.24) is 19.7 Å². The van der Waals surface area contributed by atoms with Crippen LogP contribution in [0.5, 0.6) is 0 Å². The van der Waals surface area contributed by atoms with Crippen LogP contribution in [0.3, 0.4) is 0 Å². The Bertz CT molecular complexity index is 720. The highest BCUT2D eigenvalue weighted by Crippen LogP contribution is 2.39. The van der Waals surface area contributed by atoms with Crippen LogP contribution in [-0.2, 0) is 0 Å². The lowest BCUT2D eigenvalue weighted by atomic mass is 10.3. The van der Waals surface area contributed by atoms with E-state index in [4.69, 9.17) is 5.73 Å². The predicted octanol–water partition coefficient (Wildman–Crippen LogP) is 2.01. The number of hydrogen-bond acceptors (Lipinski definition) is 3. The number of nitrogen functional groups attached to an aromatic ring is 1. The number of nitrogens with two attached hydrogens (primary N) is 1. The summed E-state index contributed by atoms with van der Waals surface area (Å²) in [5.74, 6) is 2.23. The molecule has 1 radical (unpaired) electrons. The Kier molecular flexibility index (Phi) is 1.81. The predicted molar refractivity (Wildman–Crippen MR) is 68.4 cm³/mol. The van der Waals surface area contributed by atoms with Gasteiger partial charge in [0, 0.05) is 12.0 Å². The molecule has 89 valence electrons. The molecule has 1 fully saturated rings. The van der Waals surface area contributed by atoms with Gasteiger partial charge in [-0.15, -0.1) is 0 Å². The zero-order chi connectivity index (χ0) is 12.1. The molecule has 5 nitrogen and oxygen atoms in total. The van der Waals surface area contributed by atoms with Gasteiger partial charge in [-0.3, -0.25) is 0 Å². The van der Waals surface area contributed by atoms with Gasteiger partial charge in [-0.1, -0.05) is 0 Å². The van der Waals surface area contributed by atoms with Crippen LogP contribution < -0.4 is 5.73 Å². The molecule has 5 heteroatoms. The first kappa shape index (κ1) is 9.70. The van der Waals surface area contributed by atoms with E-state index in [0.717, 1.165) is 22.5 Å². The zero-order valence-electron chi connectivity index (χ0n) is 9.72. The van der Waals surface area contributed by atoms with E-state index >= 15 is 0 Å². The second-order valence-corrected chi connectivity index (χ2v) is 4.68. The number of fused-ring (bicyclic) bond motifs is 1. The molecule has 0 aliphatic heterocycles. The third-order valence-electron chi connectivity index (χ3n) is 3.31. The molecule has 1 aliphatic rings. The highest BCUT2D eigenvalue weighted by atomic mass is 15.3. The number of benzene rings is 1. The van der Waals surface area contributed by atoms with Crippen LogP contribution in [0.4, 0.5) is 5.82 Å². The summed E-state index contributed by atoms with van der Waals surface area (Å²) in [5, 5.41) is 4.15. The smallest absolute Gasteiger partial charge is 0.135 e. The second-order valence-electron chi connectivity index (χ2n) is 4.68. The Hall–Kier alpha value is -2.30. The number of imidazole rings is 1. The van der Waals surface area contributed by atoms with Crippen molar-refractivity contribution >= 4 is 16.9 Å². The molecule has 0 bridgehead atoms. The molecule has 2 aromatic heterocycles. The van der Waals surface area contributed by atoms with Gasteiger partial charge in [0.1, 0.15) is 11.6 Å². The van der Waals surface area contributed by atoms with E-state index in [2.05, 4.69) is 21.1 Å². The molecule has 0 atom stereocenters. The van der Waals surface area contributed by atoms with Crippen molar-refractivity contribution in [2.45, 2.75) is 18.8 Å². The average Bonchev–Trinajstić information content (AvgIpc) is 3.00. The van der Waals surface area contributed by atoms with Crippen LogP contribution in [0.2, 0.25) is 0 Å². The summed E-state index contributed by atoms with van der Waals surface area (Å²) < 4.78 is 1.66. The van der Waals surface area contributed by atoms with E-state index in [-0.39, 0.29) is 0 Å². The summed E-state index contributed by atoms with van der Waals surface area (Å²) in [6, 6.07) is 8.84. The molecule has 0 spiro atoms. The van der Waals surface area contributed by atoms with E-state index in [1.165, 1.54) is 12.8 Å². The van der Waals surface area contributed by atoms with Gasteiger partial charge in [-0.2, -0.15) is 5.10 Å². The lowest BCUT2D eigenvalue weighted by molar-refractivity contribution is 0.892. The first-order chi connectivity index (χ1) is 8.81. The van der Waals surface area contributed by atoms with Gasteiger partial charge in [0.25, 0.3) is 0 Å². The van der Waals surface area contributed by atoms with Gasteiger partial charge in [0.05, 0.1) is 22.9 Å². The molecule has 1 saturated carbocycles. The van der Waals surface area contributed by atoms with E-state index in [1.807, 2.05) is 18.2 Å². The number of H-pyrrole nitrogens is 1. The quantitative estimate of drug-likeness (QED) is 0.717. The number of hydrogen-bond donors (Lipinski definition) is 2. The summed E-state index contributed by atoms with van der Waals surface area (Å²) in [7, 11) is 0. The fourth-order valence-electron chi connectivity index (χ4n) is 2.18. The summed E-state index contributed by atoms with van der Waals surface area (Å²) in [4.78, 5) is 7.99. The lowest BCUT2D eigenvalue weighted by Gasteiger charge is -2.02. The fraction of sp³-hybridized carbons (Fsp3) is 0.231. The van der Waals surface area contributed by atoms with Crippen molar-refractivity contribution in [2.75, 3.05) is 5.73 Å². The third kappa shape index (κ3) is 1.40. The van der Waals surface area contributed by atoms with Crippen molar-refractivity contribution in [3.8, 4) is 5.69 Å². The summed E-state index contributed by atoms with van der Waals surface area (Å²) in [6.07, 6.45) is 4.06. The highest BCUT2D eigenvalue weighted by molar-refractivity contribution is 5.78. The van der Waals surface area contributed by atoms with Gasteiger partial charge in [-0.25, -0.2) is 9.67 Å². The minimum Gasteiger partial charge on any atom is -0.383 e. The van der Waals surface area contributed by atoms with Crippen LogP contribution in [0.25, 0.3) is 16.7 Å². The number of nitrogens with zero attached hydrogens (tertiary/aromatic N) is 3. The van der Waals surface area contributed by atoms with Gasteiger partial charge < -0.3 is 10.7 Å². The van der Waals surface area contributed by atoms with Gasteiger partial charge in [0.15, 0.2) is 0 Å². The van der Waals surface area contributed by atoms with Crippen LogP contribution in [0, 0.1) is 6.07 Å². The fourth-order valence-corrected chi connectivity index (χ4v) is 2.18. The first-order valence-corrected chi connectivity index (χ1v) is 6.02. The number of aromatic nitrogens is 4. The maximum Gasteiger partial charge on any atom is 0.135 e. The van der Waals surface area contributed by atoms with Crippen LogP contribution in [-0.4, -0.2) is 19.7 Å². The maximum absolute atomic E-state index is 5.80. The minimum atomic E-state index is 0.507. The van der Waals surface area contributed by atoms with Crippen molar-refractivity contribution in [2.24, 2.45) is 0 Å². The Morgan fingerprint density at radius 3 is 3.00 bits per heavy atom. The number of rotatable bonds is 2. The molecule has 3 aromatic rings. The first-order valence-electron chi connectivity index (χ1n) is 6.02. The number of anilines is 1. The Morgan fingerprint density at radius 2 is 2.28 bits per heavy atom. The van der Waals surface area contributed by atoms with Crippen molar-refractivity contribution in [3.05, 3.63) is 36.3 Å². The molecule has 4 rings (SSSR count). The summed E-state index contributed by atoms with van der Waals surface area (Å²) in [5.41, 5.74) is 8.74. The van der Waals surface area contributed by atoms with Crippen LogP contribution in [0.15, 0.2) is 24.4 Å². The van der Waals surface area contributed by atoms with Gasteiger partial charge in [0.2, 0.25) is 0 Å². The van der Waals surface area contributed by atoms with Crippen molar-refractivity contribution in [1.29, 1.82) is 0 Å². The van der Waals surface area contributed by atoms with Crippen LogP contribution in [0.1, 0.15) is 24.6 Å². The lowest BCUT2D eigenvalue weighted by Crippen LogP contribution is -2.01. The molecule has 0 saturated heterocycles. The molecule has 1 aliphatic carbocycles. The standard InChI is InChI=1S/C13H12N5/c14-12-5-6-15-18(12)9-3-4-10-11(7-9)17-13(16-10)8-1-2-8/h3-4,6-8H,1-2,14H2,(H,16,17). The van der Waals surface area contributed by atoms with Gasteiger partial charge >= 0.3 is 0 Å². The van der Waals surface area contributed by atoms with E-state index in [0.29, 0.717) is 11.7 Å². The van der Waals surface area contributed by atoms with E-state index in [9.17, 15) is 0 Å². The number of nitrogens with one attached hydrogen (secondary N) is 1. The SMILES string of the molecule is Nc1[c]cnn1-c1ccc2[nH]c(C3CC3)nc2c1. The van der Waals surface area contributed by atoms with Gasteiger partial charge in [-0.05, 0) is 31.0 Å². The highest BCUT2D eigenvalue weighted by Gasteiger charge is 2.26. The second kappa shape index (κ2) is 3.35. The summed E-state index contributed by atoms with van der Waals surface area (Å²) in [6.45, 7) is 0. The van der Waals surface area contributed by atoms with E-state index in [1.54, 1.807) is 10.9 Å². The molecule has 2 heterocycles. The molecule has 0 amide bonds. The largest absolute Gasteiger partial charge is 0.383 e. The average molecular weight is 238 g/mol. The zero-order valence-corrected chi connectivity index (χ0v) is 9.72. The topological polar surface area (TPSA) is 72.5 Å². The molecule has 0 unspecified atom stereocenters. The Balaban J connectivity index is 1.85. The van der Waals surface area contributed by atoms with E-state index < -0.39 is 0 Å². The molecule has 3 N–H and O–H groups in total. The number of aromatic amines is 1. The monoisotopic (exact) mass is 238 g/mol. The maximum atomic E-state index is 5.80. The Labute approximate surface area is 104 Å².